The molecule has 0 spiro atoms. The number of hydrogen-bond donors (Lipinski definition) is 2. The first kappa shape index (κ1) is 10.8. The Morgan fingerprint density at radius 3 is 2.94 bits per heavy atom. The van der Waals surface area contributed by atoms with Gasteiger partial charge in [-0.2, -0.15) is 0 Å². The molecule has 0 aliphatic carbocycles. The van der Waals surface area contributed by atoms with E-state index in [0.29, 0.717) is 12.1 Å². The molecule has 2 aromatic rings. The SMILES string of the molecule is CC(CCO)Nc1ccc2nccnc2n1. The van der Waals surface area contributed by atoms with Gasteiger partial charge in [0.1, 0.15) is 11.3 Å². The number of pyridine rings is 1. The molecule has 0 fully saturated rings. The summed E-state index contributed by atoms with van der Waals surface area (Å²) in [4.78, 5) is 12.6. The zero-order chi connectivity index (χ0) is 11.4. The lowest BCUT2D eigenvalue weighted by atomic mass is 10.2. The molecule has 5 nitrogen and oxygen atoms in total. The molecule has 0 saturated heterocycles. The van der Waals surface area contributed by atoms with Crippen LogP contribution < -0.4 is 5.32 Å². The van der Waals surface area contributed by atoms with Crippen molar-refractivity contribution in [3.8, 4) is 0 Å². The molecular weight excluding hydrogens is 204 g/mol. The van der Waals surface area contributed by atoms with Gasteiger partial charge in [-0.05, 0) is 25.5 Å². The summed E-state index contributed by atoms with van der Waals surface area (Å²) < 4.78 is 0. The third-order valence-corrected chi connectivity index (χ3v) is 2.29. The number of anilines is 1. The van der Waals surface area contributed by atoms with Crippen LogP contribution in [0.15, 0.2) is 24.5 Å². The number of fused-ring (bicyclic) bond motifs is 1. The molecule has 0 saturated carbocycles. The lowest BCUT2D eigenvalue weighted by Crippen LogP contribution is -2.17. The number of aliphatic hydroxyl groups is 1. The third kappa shape index (κ3) is 2.43. The van der Waals surface area contributed by atoms with Gasteiger partial charge in [-0.25, -0.2) is 9.97 Å². The average Bonchev–Trinajstić information content (AvgIpc) is 2.29. The Morgan fingerprint density at radius 2 is 2.12 bits per heavy atom. The maximum Gasteiger partial charge on any atom is 0.180 e. The van der Waals surface area contributed by atoms with Crippen LogP contribution in [0.5, 0.6) is 0 Å². The van der Waals surface area contributed by atoms with Crippen LogP contribution in [0, 0.1) is 0 Å². The second-order valence-corrected chi connectivity index (χ2v) is 3.65. The van der Waals surface area contributed by atoms with Crippen LogP contribution >= 0.6 is 0 Å². The van der Waals surface area contributed by atoms with E-state index in [1.165, 1.54) is 0 Å². The summed E-state index contributed by atoms with van der Waals surface area (Å²) in [5, 5.41) is 12.0. The van der Waals surface area contributed by atoms with Crippen molar-refractivity contribution < 1.29 is 5.11 Å². The fourth-order valence-corrected chi connectivity index (χ4v) is 1.45. The third-order valence-electron chi connectivity index (χ3n) is 2.29. The van der Waals surface area contributed by atoms with E-state index in [1.54, 1.807) is 12.4 Å². The number of hydrogen-bond acceptors (Lipinski definition) is 5. The first-order valence-corrected chi connectivity index (χ1v) is 5.25. The Kier molecular flexibility index (Phi) is 3.26. The number of rotatable bonds is 4. The normalized spacial score (nSPS) is 12.6. The predicted octanol–water partition coefficient (Wildman–Crippen LogP) is 1.21. The van der Waals surface area contributed by atoms with Crippen molar-refractivity contribution in [1.29, 1.82) is 0 Å². The Balaban J connectivity index is 2.19. The Morgan fingerprint density at radius 1 is 1.31 bits per heavy atom. The van der Waals surface area contributed by atoms with Crippen molar-refractivity contribution in [3.05, 3.63) is 24.5 Å². The van der Waals surface area contributed by atoms with Gasteiger partial charge in [0, 0.05) is 25.0 Å². The molecular formula is C11H14N4O. The molecule has 1 unspecified atom stereocenters. The maximum atomic E-state index is 8.80. The second kappa shape index (κ2) is 4.85. The van der Waals surface area contributed by atoms with E-state index < -0.39 is 0 Å². The van der Waals surface area contributed by atoms with Gasteiger partial charge < -0.3 is 10.4 Å². The lowest BCUT2D eigenvalue weighted by molar-refractivity contribution is 0.282. The Bertz CT molecular complexity index is 474. The highest BCUT2D eigenvalue weighted by molar-refractivity contribution is 5.71. The number of nitrogens with zero attached hydrogens (tertiary/aromatic N) is 3. The highest BCUT2D eigenvalue weighted by atomic mass is 16.3. The van der Waals surface area contributed by atoms with Gasteiger partial charge in [0.2, 0.25) is 0 Å². The van der Waals surface area contributed by atoms with Gasteiger partial charge >= 0.3 is 0 Å². The molecule has 2 aromatic heterocycles. The van der Waals surface area contributed by atoms with Crippen molar-refractivity contribution in [2.24, 2.45) is 0 Å². The van der Waals surface area contributed by atoms with Crippen LogP contribution in [0.1, 0.15) is 13.3 Å². The summed E-state index contributed by atoms with van der Waals surface area (Å²) in [7, 11) is 0. The first-order valence-electron chi connectivity index (χ1n) is 5.25. The van der Waals surface area contributed by atoms with E-state index in [1.807, 2.05) is 19.1 Å². The Labute approximate surface area is 93.6 Å². The van der Waals surface area contributed by atoms with E-state index >= 15 is 0 Å². The molecule has 2 N–H and O–H groups in total. The van der Waals surface area contributed by atoms with Crippen LogP contribution in [0.3, 0.4) is 0 Å². The minimum atomic E-state index is 0.168. The first-order chi connectivity index (χ1) is 7.79. The highest BCUT2D eigenvalue weighted by Gasteiger charge is 2.03. The molecule has 0 aliphatic rings. The molecule has 0 aliphatic heterocycles. The van der Waals surface area contributed by atoms with Gasteiger partial charge in [-0.1, -0.05) is 0 Å². The smallest absolute Gasteiger partial charge is 0.180 e. The molecule has 16 heavy (non-hydrogen) atoms. The minimum Gasteiger partial charge on any atom is -0.396 e. The standard InChI is InChI=1S/C11H14N4O/c1-8(4-7-16)14-10-3-2-9-11(15-10)13-6-5-12-9/h2-3,5-6,8,16H,4,7H2,1H3,(H,13,14,15). The zero-order valence-electron chi connectivity index (χ0n) is 9.09. The van der Waals surface area contributed by atoms with Crippen molar-refractivity contribution in [2.45, 2.75) is 19.4 Å². The topological polar surface area (TPSA) is 70.9 Å². The van der Waals surface area contributed by atoms with Crippen LogP contribution in [0.2, 0.25) is 0 Å². The van der Waals surface area contributed by atoms with Crippen molar-refractivity contribution in [3.63, 3.8) is 0 Å². The monoisotopic (exact) mass is 218 g/mol. The predicted molar refractivity (Wildman–Crippen MR) is 62.1 cm³/mol. The molecule has 2 heterocycles. The van der Waals surface area contributed by atoms with Gasteiger partial charge in [0.05, 0.1) is 0 Å². The van der Waals surface area contributed by atoms with Crippen LogP contribution in [-0.4, -0.2) is 32.7 Å². The van der Waals surface area contributed by atoms with Crippen molar-refractivity contribution in [1.82, 2.24) is 15.0 Å². The molecule has 84 valence electrons. The highest BCUT2D eigenvalue weighted by Crippen LogP contribution is 2.11. The minimum absolute atomic E-state index is 0.168. The molecule has 0 bridgehead atoms. The van der Waals surface area contributed by atoms with Crippen LogP contribution in [0.25, 0.3) is 11.2 Å². The summed E-state index contributed by atoms with van der Waals surface area (Å²) in [5.74, 6) is 0.758. The number of aliphatic hydroxyl groups excluding tert-OH is 1. The number of aromatic nitrogens is 3. The van der Waals surface area contributed by atoms with Crippen molar-refractivity contribution in [2.75, 3.05) is 11.9 Å². The summed E-state index contributed by atoms with van der Waals surface area (Å²) in [6.07, 6.45) is 3.96. The summed E-state index contributed by atoms with van der Waals surface area (Å²) in [6, 6.07) is 3.93. The molecule has 0 aromatic carbocycles. The lowest BCUT2D eigenvalue weighted by Gasteiger charge is -2.12. The fraction of sp³-hybridized carbons (Fsp3) is 0.364. The largest absolute Gasteiger partial charge is 0.396 e. The second-order valence-electron chi connectivity index (χ2n) is 3.65. The van der Waals surface area contributed by atoms with Crippen LogP contribution in [0.4, 0.5) is 5.82 Å². The quantitative estimate of drug-likeness (QED) is 0.807. The molecule has 0 radical (unpaired) electrons. The van der Waals surface area contributed by atoms with E-state index in [4.69, 9.17) is 5.11 Å². The summed E-state index contributed by atoms with van der Waals surface area (Å²) >= 11 is 0. The van der Waals surface area contributed by atoms with Gasteiger partial charge in [-0.15, -0.1) is 0 Å². The molecule has 2 rings (SSSR count). The molecule has 1 atom stereocenters. The van der Waals surface area contributed by atoms with Crippen molar-refractivity contribution >= 4 is 17.0 Å². The van der Waals surface area contributed by atoms with Gasteiger partial charge in [-0.3, -0.25) is 4.98 Å². The van der Waals surface area contributed by atoms with Gasteiger partial charge in [0.25, 0.3) is 0 Å². The molecule has 5 heteroatoms. The molecule has 0 amide bonds. The maximum absolute atomic E-state index is 8.80. The fourth-order valence-electron chi connectivity index (χ4n) is 1.45. The van der Waals surface area contributed by atoms with E-state index in [9.17, 15) is 0 Å². The summed E-state index contributed by atoms with van der Waals surface area (Å²) in [5.41, 5.74) is 1.41. The van der Waals surface area contributed by atoms with E-state index in [-0.39, 0.29) is 12.6 Å². The van der Waals surface area contributed by atoms with E-state index in [2.05, 4.69) is 20.3 Å². The summed E-state index contributed by atoms with van der Waals surface area (Å²) in [6.45, 7) is 2.17. The number of nitrogens with one attached hydrogen (secondary N) is 1. The van der Waals surface area contributed by atoms with E-state index in [0.717, 1.165) is 11.3 Å². The van der Waals surface area contributed by atoms with Crippen LogP contribution in [-0.2, 0) is 0 Å². The Hall–Kier alpha value is -1.75. The van der Waals surface area contributed by atoms with Gasteiger partial charge in [0.15, 0.2) is 5.65 Å². The average molecular weight is 218 g/mol. The zero-order valence-corrected chi connectivity index (χ0v) is 9.09.